The Balaban J connectivity index is 2.17. The molecule has 18 heavy (non-hydrogen) atoms. The summed E-state index contributed by atoms with van der Waals surface area (Å²) < 4.78 is 0. The smallest absolute Gasteiger partial charge is 0.0346 e. The Hall–Kier alpha value is -1.76. The predicted molar refractivity (Wildman–Crippen MR) is 78.9 cm³/mol. The van der Waals surface area contributed by atoms with E-state index in [-0.39, 0.29) is 0 Å². The van der Waals surface area contributed by atoms with E-state index < -0.39 is 0 Å². The Morgan fingerprint density at radius 3 is 2.00 bits per heavy atom. The number of hydrogen-bond donors (Lipinski definition) is 1. The molecule has 2 aromatic rings. The summed E-state index contributed by atoms with van der Waals surface area (Å²) in [6.07, 6.45) is 3.08. The van der Waals surface area contributed by atoms with Gasteiger partial charge in [-0.3, -0.25) is 0 Å². The van der Waals surface area contributed by atoms with Crippen LogP contribution in [0.2, 0.25) is 0 Å². The Morgan fingerprint density at radius 2 is 1.39 bits per heavy atom. The SMILES string of the molecule is CCc1ccc(Cc2ccc(N)c(CC)c2)cc1. The molecule has 0 unspecified atom stereocenters. The lowest BCUT2D eigenvalue weighted by Gasteiger charge is -2.07. The molecule has 0 amide bonds. The van der Waals surface area contributed by atoms with Crippen LogP contribution in [0.15, 0.2) is 42.5 Å². The molecule has 1 nitrogen and oxygen atoms in total. The van der Waals surface area contributed by atoms with Gasteiger partial charge in [0.1, 0.15) is 0 Å². The number of nitrogens with two attached hydrogens (primary N) is 1. The van der Waals surface area contributed by atoms with E-state index in [4.69, 9.17) is 5.73 Å². The van der Waals surface area contributed by atoms with Gasteiger partial charge in [-0.1, -0.05) is 50.2 Å². The lowest BCUT2D eigenvalue weighted by Crippen LogP contribution is -1.96. The molecule has 2 N–H and O–H groups in total. The molecule has 0 atom stereocenters. The largest absolute Gasteiger partial charge is 0.399 e. The van der Waals surface area contributed by atoms with Gasteiger partial charge in [-0.25, -0.2) is 0 Å². The molecule has 1 heteroatoms. The monoisotopic (exact) mass is 239 g/mol. The van der Waals surface area contributed by atoms with Crippen molar-refractivity contribution in [1.82, 2.24) is 0 Å². The van der Waals surface area contributed by atoms with E-state index in [0.29, 0.717) is 0 Å². The number of anilines is 1. The summed E-state index contributed by atoms with van der Waals surface area (Å²) in [5, 5.41) is 0. The van der Waals surface area contributed by atoms with Crippen LogP contribution < -0.4 is 5.73 Å². The molecule has 0 aromatic heterocycles. The first-order valence-corrected chi connectivity index (χ1v) is 6.68. The topological polar surface area (TPSA) is 26.0 Å². The van der Waals surface area contributed by atoms with Gasteiger partial charge >= 0.3 is 0 Å². The minimum absolute atomic E-state index is 0.905. The van der Waals surface area contributed by atoms with Crippen LogP contribution in [0.25, 0.3) is 0 Å². The van der Waals surface area contributed by atoms with Gasteiger partial charge in [0.2, 0.25) is 0 Å². The predicted octanol–water partition coefficient (Wildman–Crippen LogP) is 3.98. The van der Waals surface area contributed by atoms with E-state index in [1.165, 1.54) is 22.3 Å². The highest BCUT2D eigenvalue weighted by Crippen LogP contribution is 2.18. The molecule has 0 spiro atoms. The number of aryl methyl sites for hydroxylation is 2. The maximum Gasteiger partial charge on any atom is 0.0346 e. The molecule has 2 rings (SSSR count). The highest BCUT2D eigenvalue weighted by Gasteiger charge is 2.01. The third-order valence-electron chi connectivity index (χ3n) is 3.43. The summed E-state index contributed by atoms with van der Waals surface area (Å²) in [6, 6.07) is 15.3. The summed E-state index contributed by atoms with van der Waals surface area (Å²) in [6.45, 7) is 4.33. The van der Waals surface area contributed by atoms with Crippen molar-refractivity contribution in [1.29, 1.82) is 0 Å². The molecular formula is C17H21N. The Morgan fingerprint density at radius 1 is 0.778 bits per heavy atom. The molecule has 0 saturated heterocycles. The van der Waals surface area contributed by atoms with Crippen molar-refractivity contribution in [3.63, 3.8) is 0 Å². The second-order valence-corrected chi connectivity index (χ2v) is 4.73. The molecule has 0 saturated carbocycles. The first-order valence-electron chi connectivity index (χ1n) is 6.68. The molecule has 0 aliphatic rings. The highest BCUT2D eigenvalue weighted by molar-refractivity contribution is 5.49. The summed E-state index contributed by atoms with van der Waals surface area (Å²) in [5.41, 5.74) is 12.2. The normalized spacial score (nSPS) is 10.6. The zero-order valence-electron chi connectivity index (χ0n) is 11.2. The van der Waals surface area contributed by atoms with E-state index in [0.717, 1.165) is 24.9 Å². The number of nitrogen functional groups attached to an aromatic ring is 1. The van der Waals surface area contributed by atoms with Gasteiger partial charge in [0.15, 0.2) is 0 Å². The molecule has 0 aliphatic carbocycles. The van der Waals surface area contributed by atoms with Crippen molar-refractivity contribution in [3.05, 3.63) is 64.7 Å². The molecule has 0 bridgehead atoms. The third-order valence-corrected chi connectivity index (χ3v) is 3.43. The van der Waals surface area contributed by atoms with Crippen LogP contribution in [0.4, 0.5) is 5.69 Å². The van der Waals surface area contributed by atoms with E-state index in [9.17, 15) is 0 Å². The summed E-state index contributed by atoms with van der Waals surface area (Å²) in [7, 11) is 0. The summed E-state index contributed by atoms with van der Waals surface area (Å²) >= 11 is 0. The third kappa shape index (κ3) is 2.92. The average molecular weight is 239 g/mol. The van der Waals surface area contributed by atoms with Crippen LogP contribution in [-0.2, 0) is 19.3 Å². The minimum atomic E-state index is 0.905. The van der Waals surface area contributed by atoms with Gasteiger partial charge in [-0.15, -0.1) is 0 Å². The number of rotatable bonds is 4. The van der Waals surface area contributed by atoms with Crippen LogP contribution in [0, 0.1) is 0 Å². The fourth-order valence-electron chi connectivity index (χ4n) is 2.20. The van der Waals surface area contributed by atoms with E-state index >= 15 is 0 Å². The number of hydrogen-bond acceptors (Lipinski definition) is 1. The fraction of sp³-hybridized carbons (Fsp3) is 0.294. The fourth-order valence-corrected chi connectivity index (χ4v) is 2.20. The van der Waals surface area contributed by atoms with Crippen molar-refractivity contribution in [3.8, 4) is 0 Å². The highest BCUT2D eigenvalue weighted by atomic mass is 14.6. The second-order valence-electron chi connectivity index (χ2n) is 4.73. The van der Waals surface area contributed by atoms with Crippen LogP contribution in [0.3, 0.4) is 0 Å². The first-order chi connectivity index (χ1) is 8.72. The Bertz CT molecular complexity index is 512. The minimum Gasteiger partial charge on any atom is -0.399 e. The van der Waals surface area contributed by atoms with Crippen LogP contribution in [0.1, 0.15) is 36.1 Å². The van der Waals surface area contributed by atoms with Crippen LogP contribution in [-0.4, -0.2) is 0 Å². The zero-order valence-corrected chi connectivity index (χ0v) is 11.2. The van der Waals surface area contributed by atoms with E-state index in [2.05, 4.69) is 50.2 Å². The molecule has 0 radical (unpaired) electrons. The summed E-state index contributed by atoms with van der Waals surface area (Å²) in [4.78, 5) is 0. The average Bonchev–Trinajstić information content (AvgIpc) is 2.42. The Kier molecular flexibility index (Phi) is 4.03. The molecule has 2 aromatic carbocycles. The molecular weight excluding hydrogens is 218 g/mol. The van der Waals surface area contributed by atoms with E-state index in [1.807, 2.05) is 6.07 Å². The molecule has 0 fully saturated rings. The van der Waals surface area contributed by atoms with Gasteiger partial charge in [-0.05, 0) is 47.6 Å². The van der Waals surface area contributed by atoms with Gasteiger partial charge in [0.25, 0.3) is 0 Å². The van der Waals surface area contributed by atoms with Crippen molar-refractivity contribution >= 4 is 5.69 Å². The standard InChI is InChI=1S/C17H21N/c1-3-13-5-7-14(8-6-13)11-15-9-10-17(18)16(4-2)12-15/h5-10,12H,3-4,11,18H2,1-2H3. The van der Waals surface area contributed by atoms with Crippen molar-refractivity contribution in [2.75, 3.05) is 5.73 Å². The maximum atomic E-state index is 5.93. The van der Waals surface area contributed by atoms with Gasteiger partial charge in [0.05, 0.1) is 0 Å². The van der Waals surface area contributed by atoms with Gasteiger partial charge < -0.3 is 5.73 Å². The van der Waals surface area contributed by atoms with Crippen molar-refractivity contribution < 1.29 is 0 Å². The zero-order chi connectivity index (χ0) is 13.0. The first kappa shape index (κ1) is 12.7. The Labute approximate surface area is 110 Å². The lowest BCUT2D eigenvalue weighted by atomic mass is 9.99. The quantitative estimate of drug-likeness (QED) is 0.802. The molecule has 94 valence electrons. The lowest BCUT2D eigenvalue weighted by molar-refractivity contribution is 1.10. The van der Waals surface area contributed by atoms with E-state index in [1.54, 1.807) is 0 Å². The second kappa shape index (κ2) is 5.72. The van der Waals surface area contributed by atoms with Crippen LogP contribution >= 0.6 is 0 Å². The number of benzene rings is 2. The molecule has 0 aliphatic heterocycles. The van der Waals surface area contributed by atoms with Gasteiger partial charge in [0, 0.05) is 5.69 Å². The van der Waals surface area contributed by atoms with Crippen molar-refractivity contribution in [2.45, 2.75) is 33.1 Å². The molecule has 0 heterocycles. The summed E-state index contributed by atoms with van der Waals surface area (Å²) in [5.74, 6) is 0. The van der Waals surface area contributed by atoms with Gasteiger partial charge in [-0.2, -0.15) is 0 Å². The van der Waals surface area contributed by atoms with Crippen LogP contribution in [0.5, 0.6) is 0 Å². The maximum absolute atomic E-state index is 5.93. The van der Waals surface area contributed by atoms with Crippen molar-refractivity contribution in [2.24, 2.45) is 0 Å².